The Balaban J connectivity index is 2.41. The standard InChI is InChI=1S/C16H17ClO2/c1-11(2)19-16-13(9-6-10-14(16)17)15(18)12-7-4-3-5-8-12/h3-11,15,18H,1-2H3. The van der Waals surface area contributed by atoms with Gasteiger partial charge in [0.25, 0.3) is 0 Å². The van der Waals surface area contributed by atoms with Gasteiger partial charge in [0.15, 0.2) is 0 Å². The smallest absolute Gasteiger partial charge is 0.144 e. The number of aliphatic hydroxyl groups is 1. The third kappa shape index (κ3) is 3.28. The van der Waals surface area contributed by atoms with Crippen molar-refractivity contribution >= 4 is 11.6 Å². The summed E-state index contributed by atoms with van der Waals surface area (Å²) >= 11 is 6.17. The van der Waals surface area contributed by atoms with Crippen LogP contribution in [0.2, 0.25) is 5.02 Å². The Labute approximate surface area is 118 Å². The molecule has 2 nitrogen and oxygen atoms in total. The molecule has 0 saturated carbocycles. The molecule has 0 aliphatic rings. The minimum absolute atomic E-state index is 0.00150. The van der Waals surface area contributed by atoms with Gasteiger partial charge in [-0.15, -0.1) is 0 Å². The van der Waals surface area contributed by atoms with Gasteiger partial charge >= 0.3 is 0 Å². The van der Waals surface area contributed by atoms with Crippen molar-refractivity contribution in [1.82, 2.24) is 0 Å². The molecule has 0 bridgehead atoms. The van der Waals surface area contributed by atoms with E-state index in [0.29, 0.717) is 16.3 Å². The normalized spacial score (nSPS) is 12.5. The third-order valence-electron chi connectivity index (χ3n) is 2.76. The molecule has 0 saturated heterocycles. The summed E-state index contributed by atoms with van der Waals surface area (Å²) in [4.78, 5) is 0. The molecule has 2 aromatic rings. The SMILES string of the molecule is CC(C)Oc1c(Cl)cccc1C(O)c1ccccc1. The molecule has 3 heteroatoms. The fraction of sp³-hybridized carbons (Fsp3) is 0.250. The summed E-state index contributed by atoms with van der Waals surface area (Å²) in [5.41, 5.74) is 1.51. The van der Waals surface area contributed by atoms with Crippen molar-refractivity contribution in [3.63, 3.8) is 0 Å². The number of halogens is 1. The predicted octanol–water partition coefficient (Wildman–Crippen LogP) is 4.21. The molecule has 0 heterocycles. The van der Waals surface area contributed by atoms with Gasteiger partial charge in [-0.1, -0.05) is 54.1 Å². The number of benzene rings is 2. The molecule has 2 rings (SSSR count). The van der Waals surface area contributed by atoms with E-state index >= 15 is 0 Å². The molecule has 0 aliphatic carbocycles. The number of aliphatic hydroxyl groups excluding tert-OH is 1. The van der Waals surface area contributed by atoms with Crippen molar-refractivity contribution in [3.05, 3.63) is 64.7 Å². The van der Waals surface area contributed by atoms with Crippen molar-refractivity contribution in [2.45, 2.75) is 26.1 Å². The Bertz CT molecular complexity index is 538. The van der Waals surface area contributed by atoms with Crippen molar-refractivity contribution in [2.75, 3.05) is 0 Å². The zero-order valence-electron chi connectivity index (χ0n) is 11.0. The fourth-order valence-corrected chi connectivity index (χ4v) is 2.14. The maximum atomic E-state index is 10.5. The highest BCUT2D eigenvalue weighted by molar-refractivity contribution is 6.32. The Kier molecular flexibility index (Phi) is 4.46. The van der Waals surface area contributed by atoms with Crippen LogP contribution in [0, 0.1) is 0 Å². The van der Waals surface area contributed by atoms with Crippen LogP contribution in [0.3, 0.4) is 0 Å². The molecule has 0 aliphatic heterocycles. The van der Waals surface area contributed by atoms with E-state index in [-0.39, 0.29) is 6.10 Å². The molecule has 19 heavy (non-hydrogen) atoms. The highest BCUT2D eigenvalue weighted by Gasteiger charge is 2.18. The maximum Gasteiger partial charge on any atom is 0.144 e. The van der Waals surface area contributed by atoms with Crippen LogP contribution in [-0.4, -0.2) is 11.2 Å². The second-order valence-corrected chi connectivity index (χ2v) is 5.05. The van der Waals surface area contributed by atoms with Gasteiger partial charge in [0.1, 0.15) is 11.9 Å². The van der Waals surface area contributed by atoms with Crippen molar-refractivity contribution < 1.29 is 9.84 Å². The van der Waals surface area contributed by atoms with Crippen LogP contribution in [-0.2, 0) is 0 Å². The second kappa shape index (κ2) is 6.09. The quantitative estimate of drug-likeness (QED) is 0.906. The van der Waals surface area contributed by atoms with Crippen LogP contribution in [0.25, 0.3) is 0 Å². The summed E-state index contributed by atoms with van der Waals surface area (Å²) in [6.07, 6.45) is -0.740. The highest BCUT2D eigenvalue weighted by atomic mass is 35.5. The van der Waals surface area contributed by atoms with E-state index in [2.05, 4.69) is 0 Å². The molecule has 0 radical (unpaired) electrons. The summed E-state index contributed by atoms with van der Waals surface area (Å²) in [7, 11) is 0. The lowest BCUT2D eigenvalue weighted by atomic mass is 10.0. The first-order valence-electron chi connectivity index (χ1n) is 6.27. The van der Waals surface area contributed by atoms with Crippen molar-refractivity contribution in [3.8, 4) is 5.75 Å². The monoisotopic (exact) mass is 276 g/mol. The zero-order chi connectivity index (χ0) is 13.8. The van der Waals surface area contributed by atoms with Crippen LogP contribution >= 0.6 is 11.6 Å². The van der Waals surface area contributed by atoms with Crippen LogP contribution in [0.4, 0.5) is 0 Å². The molecular weight excluding hydrogens is 260 g/mol. The third-order valence-corrected chi connectivity index (χ3v) is 3.06. The first kappa shape index (κ1) is 13.9. The van der Waals surface area contributed by atoms with Crippen LogP contribution in [0.1, 0.15) is 31.1 Å². The van der Waals surface area contributed by atoms with Crippen LogP contribution in [0.15, 0.2) is 48.5 Å². The average molecular weight is 277 g/mol. The number of para-hydroxylation sites is 1. The van der Waals surface area contributed by atoms with E-state index in [0.717, 1.165) is 5.56 Å². The molecular formula is C16H17ClO2. The van der Waals surface area contributed by atoms with E-state index in [1.165, 1.54) is 0 Å². The van der Waals surface area contributed by atoms with Crippen molar-refractivity contribution in [1.29, 1.82) is 0 Å². The number of ether oxygens (including phenoxy) is 1. The summed E-state index contributed by atoms with van der Waals surface area (Å²) < 4.78 is 5.73. The summed E-state index contributed by atoms with van der Waals surface area (Å²) in [5.74, 6) is 0.551. The molecule has 1 atom stereocenters. The lowest BCUT2D eigenvalue weighted by Crippen LogP contribution is -2.10. The van der Waals surface area contributed by atoms with Crippen molar-refractivity contribution in [2.24, 2.45) is 0 Å². The van der Waals surface area contributed by atoms with E-state index in [1.807, 2.05) is 56.3 Å². The minimum atomic E-state index is -0.742. The first-order valence-corrected chi connectivity index (χ1v) is 6.65. The molecule has 100 valence electrons. The summed E-state index contributed by atoms with van der Waals surface area (Å²) in [6.45, 7) is 3.87. The average Bonchev–Trinajstić information content (AvgIpc) is 2.41. The number of rotatable bonds is 4. The Morgan fingerprint density at radius 1 is 1.00 bits per heavy atom. The maximum absolute atomic E-state index is 10.5. The lowest BCUT2D eigenvalue weighted by molar-refractivity contribution is 0.198. The number of hydrogen-bond acceptors (Lipinski definition) is 2. The second-order valence-electron chi connectivity index (χ2n) is 4.64. The van der Waals surface area contributed by atoms with E-state index < -0.39 is 6.10 Å². The van der Waals surface area contributed by atoms with Crippen LogP contribution in [0.5, 0.6) is 5.75 Å². The molecule has 0 amide bonds. The Hall–Kier alpha value is -1.51. The summed E-state index contributed by atoms with van der Waals surface area (Å²) in [6, 6.07) is 14.9. The minimum Gasteiger partial charge on any atom is -0.489 e. The molecule has 0 aromatic heterocycles. The van der Waals surface area contributed by atoms with Gasteiger partial charge < -0.3 is 9.84 Å². The van der Waals surface area contributed by atoms with Gasteiger partial charge in [0.2, 0.25) is 0 Å². The van der Waals surface area contributed by atoms with Gasteiger partial charge in [-0.25, -0.2) is 0 Å². The van der Waals surface area contributed by atoms with Gasteiger partial charge in [-0.3, -0.25) is 0 Å². The van der Waals surface area contributed by atoms with Gasteiger partial charge in [-0.05, 0) is 25.5 Å². The zero-order valence-corrected chi connectivity index (χ0v) is 11.8. The van der Waals surface area contributed by atoms with Gasteiger partial charge in [-0.2, -0.15) is 0 Å². The summed E-state index contributed by atoms with van der Waals surface area (Å²) in [5, 5.41) is 11.0. The molecule has 1 N–H and O–H groups in total. The Morgan fingerprint density at radius 2 is 1.68 bits per heavy atom. The van der Waals surface area contributed by atoms with E-state index in [1.54, 1.807) is 6.07 Å². The first-order chi connectivity index (χ1) is 9.09. The molecule has 1 unspecified atom stereocenters. The molecule has 0 spiro atoms. The van der Waals surface area contributed by atoms with E-state index in [9.17, 15) is 5.11 Å². The fourth-order valence-electron chi connectivity index (χ4n) is 1.92. The predicted molar refractivity (Wildman–Crippen MR) is 77.7 cm³/mol. The lowest BCUT2D eigenvalue weighted by Gasteiger charge is -2.19. The Morgan fingerprint density at radius 3 is 2.32 bits per heavy atom. The topological polar surface area (TPSA) is 29.5 Å². The number of hydrogen-bond donors (Lipinski definition) is 1. The largest absolute Gasteiger partial charge is 0.489 e. The molecule has 0 fully saturated rings. The van der Waals surface area contributed by atoms with Gasteiger partial charge in [0.05, 0.1) is 11.1 Å². The van der Waals surface area contributed by atoms with Gasteiger partial charge in [0, 0.05) is 5.56 Å². The molecule has 2 aromatic carbocycles. The van der Waals surface area contributed by atoms with Crippen LogP contribution < -0.4 is 4.74 Å². The highest BCUT2D eigenvalue weighted by Crippen LogP contribution is 2.36. The van der Waals surface area contributed by atoms with E-state index in [4.69, 9.17) is 16.3 Å².